The van der Waals surface area contributed by atoms with E-state index in [1.165, 1.54) is 4.90 Å². The van der Waals surface area contributed by atoms with Crippen molar-refractivity contribution in [3.8, 4) is 11.1 Å². The van der Waals surface area contributed by atoms with E-state index < -0.39 is 5.92 Å². The van der Waals surface area contributed by atoms with E-state index in [0.717, 1.165) is 55.3 Å². The molecule has 2 amide bonds. The molecule has 3 aliphatic rings. The first-order chi connectivity index (χ1) is 18.1. The van der Waals surface area contributed by atoms with Crippen LogP contribution in [0.4, 0.5) is 8.78 Å². The van der Waals surface area contributed by atoms with E-state index in [1.54, 1.807) is 24.3 Å². The van der Waals surface area contributed by atoms with E-state index in [9.17, 15) is 23.5 Å². The molecule has 1 saturated carbocycles. The van der Waals surface area contributed by atoms with Crippen LogP contribution in [0.3, 0.4) is 0 Å². The van der Waals surface area contributed by atoms with Crippen LogP contribution in [0.25, 0.3) is 11.1 Å². The number of carbonyl (C=O) groups is 2. The van der Waals surface area contributed by atoms with Gasteiger partial charge in [0.1, 0.15) is 0 Å². The highest BCUT2D eigenvalue weighted by Gasteiger charge is 2.38. The Kier molecular flexibility index (Phi) is 7.99. The van der Waals surface area contributed by atoms with Gasteiger partial charge in [-0.05, 0) is 79.5 Å². The summed E-state index contributed by atoms with van der Waals surface area (Å²) in [5.41, 5.74) is 2.82. The number of nitrogens with zero attached hydrogens (tertiary/aromatic N) is 2. The quantitative estimate of drug-likeness (QED) is 0.468. The summed E-state index contributed by atoms with van der Waals surface area (Å²) in [5, 5.41) is 10.8. The number of benzene rings is 2. The molecule has 1 atom stereocenters. The molecule has 0 unspecified atom stereocenters. The molecular formula is C29H32Cl2F2N2O3. The highest BCUT2D eigenvalue weighted by atomic mass is 35.5. The fourth-order valence-corrected chi connectivity index (χ4v) is 6.56. The van der Waals surface area contributed by atoms with Gasteiger partial charge in [-0.2, -0.15) is 0 Å². The van der Waals surface area contributed by atoms with E-state index in [1.807, 2.05) is 17.0 Å². The lowest BCUT2D eigenvalue weighted by atomic mass is 9.92. The van der Waals surface area contributed by atoms with E-state index >= 15 is 0 Å². The fraction of sp³-hybridized carbons (Fsp3) is 0.517. The number of piperidine rings is 1. The maximum atomic E-state index is 13.4. The molecule has 38 heavy (non-hydrogen) atoms. The fourth-order valence-electron chi connectivity index (χ4n) is 5.92. The molecule has 0 aromatic heterocycles. The van der Waals surface area contributed by atoms with Crippen molar-refractivity contribution < 1.29 is 23.5 Å². The van der Waals surface area contributed by atoms with Crippen molar-refractivity contribution in [2.24, 2.45) is 5.92 Å². The smallest absolute Gasteiger partial charge is 0.253 e. The molecule has 2 heterocycles. The Morgan fingerprint density at radius 1 is 0.921 bits per heavy atom. The monoisotopic (exact) mass is 564 g/mol. The number of amides is 2. The molecule has 2 aromatic carbocycles. The van der Waals surface area contributed by atoms with Gasteiger partial charge in [0, 0.05) is 60.0 Å². The van der Waals surface area contributed by atoms with Crippen molar-refractivity contribution in [1.29, 1.82) is 0 Å². The summed E-state index contributed by atoms with van der Waals surface area (Å²) in [5.74, 6) is -2.98. The molecule has 0 bridgehead atoms. The van der Waals surface area contributed by atoms with Crippen LogP contribution in [0.1, 0.15) is 60.9 Å². The molecule has 1 aliphatic carbocycles. The molecule has 1 N–H and O–H groups in total. The third-order valence-electron chi connectivity index (χ3n) is 8.30. The van der Waals surface area contributed by atoms with Crippen LogP contribution in [-0.2, 0) is 11.2 Å². The van der Waals surface area contributed by atoms with Crippen LogP contribution >= 0.6 is 23.2 Å². The van der Waals surface area contributed by atoms with Gasteiger partial charge in [-0.15, -0.1) is 0 Å². The maximum Gasteiger partial charge on any atom is 0.253 e. The number of rotatable bonds is 5. The zero-order valence-electron chi connectivity index (χ0n) is 21.1. The maximum absolute atomic E-state index is 13.4. The van der Waals surface area contributed by atoms with Crippen molar-refractivity contribution in [2.45, 2.75) is 69.4 Å². The van der Waals surface area contributed by atoms with Crippen LogP contribution in [0.5, 0.6) is 0 Å². The number of halogens is 4. The Morgan fingerprint density at radius 3 is 2.13 bits per heavy atom. The lowest BCUT2D eigenvalue weighted by Crippen LogP contribution is -2.42. The molecular weight excluding hydrogens is 533 g/mol. The average Bonchev–Trinajstić information content (AvgIpc) is 3.26. The van der Waals surface area contributed by atoms with Gasteiger partial charge in [-0.25, -0.2) is 8.78 Å². The second-order valence-corrected chi connectivity index (χ2v) is 11.6. The number of hydrogen-bond donors (Lipinski definition) is 1. The summed E-state index contributed by atoms with van der Waals surface area (Å²) in [6, 6.07) is 10.8. The predicted octanol–water partition coefficient (Wildman–Crippen LogP) is 6.23. The van der Waals surface area contributed by atoms with Gasteiger partial charge >= 0.3 is 0 Å². The Bertz CT molecular complexity index is 1170. The van der Waals surface area contributed by atoms with Gasteiger partial charge in [0.05, 0.1) is 6.10 Å². The molecule has 2 aliphatic heterocycles. The molecule has 5 nitrogen and oxygen atoms in total. The lowest BCUT2D eigenvalue weighted by molar-refractivity contribution is -0.133. The molecule has 2 saturated heterocycles. The standard InChI is InChI=1S/C29H32Cl2F2N2O3/c30-25-16-21(18-1-3-19(4-2-18)27(37)34-13-10-29(32,33)11-14-34)17-26(31)24(25)15-20-9-12-35(28(20)38)22-5-7-23(36)8-6-22/h1-4,16-17,20,22-23,36H,5-15H2/t20-,22-,23+/m0/s1. The second kappa shape index (κ2) is 11.1. The minimum atomic E-state index is -2.70. The van der Waals surface area contributed by atoms with Gasteiger partial charge < -0.3 is 14.9 Å². The molecule has 2 aromatic rings. The van der Waals surface area contributed by atoms with E-state index in [2.05, 4.69) is 0 Å². The minimum Gasteiger partial charge on any atom is -0.393 e. The van der Waals surface area contributed by atoms with Crippen molar-refractivity contribution in [3.05, 3.63) is 57.6 Å². The van der Waals surface area contributed by atoms with Crippen molar-refractivity contribution in [2.75, 3.05) is 19.6 Å². The van der Waals surface area contributed by atoms with Gasteiger partial charge in [0.25, 0.3) is 11.8 Å². The van der Waals surface area contributed by atoms with Gasteiger partial charge in [0.2, 0.25) is 5.91 Å². The molecule has 0 radical (unpaired) electrons. The molecule has 204 valence electrons. The van der Waals surface area contributed by atoms with E-state index in [0.29, 0.717) is 22.0 Å². The summed E-state index contributed by atoms with van der Waals surface area (Å²) in [6.07, 6.45) is 3.53. The SMILES string of the molecule is O=C(c1ccc(-c2cc(Cl)c(C[C@@H]3CCN([C@H]4CC[C@@H](O)CC4)C3=O)c(Cl)c2)cc1)N1CCC(F)(F)CC1. The summed E-state index contributed by atoms with van der Waals surface area (Å²) < 4.78 is 26.9. The number of likely N-dealkylation sites (tertiary alicyclic amines) is 2. The Morgan fingerprint density at radius 2 is 1.53 bits per heavy atom. The summed E-state index contributed by atoms with van der Waals surface area (Å²) in [4.78, 5) is 29.3. The number of alkyl halides is 2. The number of hydrogen-bond acceptors (Lipinski definition) is 3. The molecule has 5 rings (SSSR count). The zero-order chi connectivity index (χ0) is 27.0. The predicted molar refractivity (Wildman–Crippen MR) is 144 cm³/mol. The second-order valence-electron chi connectivity index (χ2n) is 10.8. The largest absolute Gasteiger partial charge is 0.393 e. The summed E-state index contributed by atoms with van der Waals surface area (Å²) in [6.45, 7) is 0.819. The topological polar surface area (TPSA) is 60.9 Å². The van der Waals surface area contributed by atoms with Crippen LogP contribution in [0.2, 0.25) is 10.0 Å². The third-order valence-corrected chi connectivity index (χ3v) is 8.97. The number of carbonyl (C=O) groups excluding carboxylic acids is 2. The highest BCUT2D eigenvalue weighted by Crippen LogP contribution is 2.37. The minimum absolute atomic E-state index is 0.0469. The Labute approximate surface area is 231 Å². The normalized spacial score (nSPS) is 25.6. The highest BCUT2D eigenvalue weighted by molar-refractivity contribution is 6.36. The van der Waals surface area contributed by atoms with Crippen LogP contribution in [-0.4, -0.2) is 64.4 Å². The Balaban J connectivity index is 1.24. The van der Waals surface area contributed by atoms with E-state index in [4.69, 9.17) is 23.2 Å². The first-order valence-electron chi connectivity index (χ1n) is 13.4. The number of aliphatic hydroxyl groups is 1. The molecule has 3 fully saturated rings. The first kappa shape index (κ1) is 27.4. The number of aliphatic hydroxyl groups excluding tert-OH is 1. The average molecular weight is 565 g/mol. The molecule has 0 spiro atoms. The first-order valence-corrected chi connectivity index (χ1v) is 14.1. The van der Waals surface area contributed by atoms with Gasteiger partial charge in [-0.1, -0.05) is 35.3 Å². The summed E-state index contributed by atoms with van der Waals surface area (Å²) in [7, 11) is 0. The van der Waals surface area contributed by atoms with Crippen LogP contribution in [0.15, 0.2) is 36.4 Å². The summed E-state index contributed by atoms with van der Waals surface area (Å²) >= 11 is 13.3. The zero-order valence-corrected chi connectivity index (χ0v) is 22.7. The third kappa shape index (κ3) is 5.85. The van der Waals surface area contributed by atoms with Crippen molar-refractivity contribution in [1.82, 2.24) is 9.80 Å². The molecule has 9 heteroatoms. The van der Waals surface area contributed by atoms with Crippen molar-refractivity contribution in [3.63, 3.8) is 0 Å². The van der Waals surface area contributed by atoms with Crippen LogP contribution in [0, 0.1) is 5.92 Å². The van der Waals surface area contributed by atoms with Gasteiger partial charge in [0.15, 0.2) is 0 Å². The lowest BCUT2D eigenvalue weighted by Gasteiger charge is -2.33. The van der Waals surface area contributed by atoms with Crippen LogP contribution < -0.4 is 0 Å². The van der Waals surface area contributed by atoms with Crippen molar-refractivity contribution >= 4 is 35.0 Å². The Hall–Kier alpha value is -2.22. The van der Waals surface area contributed by atoms with E-state index in [-0.39, 0.29) is 55.8 Å². The van der Waals surface area contributed by atoms with Gasteiger partial charge in [-0.3, -0.25) is 9.59 Å².